The summed E-state index contributed by atoms with van der Waals surface area (Å²) in [6, 6.07) is 7.68. The molecule has 1 atom stereocenters. The Labute approximate surface area is 171 Å². The maximum Gasteiger partial charge on any atom is 0.246 e. The van der Waals surface area contributed by atoms with E-state index < -0.39 is 9.84 Å². The molecular formula is C20H27N5O3S. The summed E-state index contributed by atoms with van der Waals surface area (Å²) in [5.41, 5.74) is 1.99. The van der Waals surface area contributed by atoms with Crippen LogP contribution in [0.4, 0.5) is 0 Å². The van der Waals surface area contributed by atoms with Crippen molar-refractivity contribution in [2.24, 2.45) is 0 Å². The summed E-state index contributed by atoms with van der Waals surface area (Å²) in [6.45, 7) is 1.99. The van der Waals surface area contributed by atoms with E-state index in [9.17, 15) is 13.2 Å². The molecule has 0 N–H and O–H groups in total. The average molecular weight is 418 g/mol. The Morgan fingerprint density at radius 2 is 1.83 bits per heavy atom. The summed E-state index contributed by atoms with van der Waals surface area (Å²) in [4.78, 5) is 16.4. The smallest absolute Gasteiger partial charge is 0.246 e. The van der Waals surface area contributed by atoms with Crippen molar-refractivity contribution in [2.45, 2.75) is 64.1 Å². The first-order chi connectivity index (χ1) is 13.9. The number of carbonyl (C=O) groups is 1. The molecule has 2 aliphatic rings. The van der Waals surface area contributed by atoms with E-state index in [1.807, 2.05) is 36.1 Å². The van der Waals surface area contributed by atoms with Crippen LogP contribution in [0.5, 0.6) is 0 Å². The molecule has 1 aliphatic carbocycles. The summed E-state index contributed by atoms with van der Waals surface area (Å²) in [7, 11) is -3.07. The SMILES string of the molecule is Cc1ccc(-c2nnn(CC(=O)N(C3CCCCC3)[C@H]3CCS(=O)(=O)C3)n2)cc1. The molecule has 2 fully saturated rings. The van der Waals surface area contributed by atoms with E-state index in [0.717, 1.165) is 36.8 Å². The highest BCUT2D eigenvalue weighted by atomic mass is 32.2. The molecule has 8 nitrogen and oxygen atoms in total. The fraction of sp³-hybridized carbons (Fsp3) is 0.600. The largest absolute Gasteiger partial charge is 0.334 e. The van der Waals surface area contributed by atoms with Gasteiger partial charge in [-0.3, -0.25) is 4.79 Å². The highest BCUT2D eigenvalue weighted by Crippen LogP contribution is 2.28. The molecule has 29 heavy (non-hydrogen) atoms. The number of nitrogens with zero attached hydrogens (tertiary/aromatic N) is 5. The molecule has 1 aliphatic heterocycles. The maximum absolute atomic E-state index is 13.2. The molecule has 0 bridgehead atoms. The summed E-state index contributed by atoms with van der Waals surface area (Å²) in [6.07, 6.45) is 5.71. The third-order valence-corrected chi connectivity index (χ3v) is 7.65. The van der Waals surface area contributed by atoms with Gasteiger partial charge in [-0.05, 0) is 31.4 Å². The summed E-state index contributed by atoms with van der Waals surface area (Å²) >= 11 is 0. The average Bonchev–Trinajstić information content (AvgIpc) is 3.30. The Bertz CT molecular complexity index is 964. The van der Waals surface area contributed by atoms with E-state index in [4.69, 9.17) is 0 Å². The van der Waals surface area contributed by atoms with Gasteiger partial charge >= 0.3 is 0 Å². The second kappa shape index (κ2) is 8.22. The number of hydrogen-bond donors (Lipinski definition) is 0. The van der Waals surface area contributed by atoms with Crippen LogP contribution in [0.15, 0.2) is 24.3 Å². The van der Waals surface area contributed by atoms with Crippen LogP contribution in [0.25, 0.3) is 11.4 Å². The van der Waals surface area contributed by atoms with E-state index in [-0.39, 0.29) is 36.0 Å². The van der Waals surface area contributed by atoms with E-state index in [2.05, 4.69) is 15.4 Å². The fourth-order valence-electron chi connectivity index (χ4n) is 4.39. The van der Waals surface area contributed by atoms with Crippen LogP contribution in [-0.4, -0.2) is 63.0 Å². The van der Waals surface area contributed by atoms with Crippen molar-refractivity contribution in [1.82, 2.24) is 25.1 Å². The molecule has 0 radical (unpaired) electrons. The number of sulfone groups is 1. The second-order valence-corrected chi connectivity index (χ2v) is 10.4. The van der Waals surface area contributed by atoms with Crippen LogP contribution in [0, 0.1) is 6.92 Å². The minimum absolute atomic E-state index is 0.0219. The van der Waals surface area contributed by atoms with Crippen molar-refractivity contribution in [3.8, 4) is 11.4 Å². The number of aromatic nitrogens is 4. The van der Waals surface area contributed by atoms with Crippen LogP contribution in [0.2, 0.25) is 0 Å². The minimum atomic E-state index is -3.07. The molecule has 9 heteroatoms. The van der Waals surface area contributed by atoms with Gasteiger partial charge in [0.15, 0.2) is 9.84 Å². The number of carbonyl (C=O) groups excluding carboxylic acids is 1. The van der Waals surface area contributed by atoms with E-state index in [0.29, 0.717) is 12.2 Å². The lowest BCUT2D eigenvalue weighted by molar-refractivity contribution is -0.137. The molecule has 0 spiro atoms. The lowest BCUT2D eigenvalue weighted by Gasteiger charge is -2.38. The molecule has 2 heterocycles. The van der Waals surface area contributed by atoms with Gasteiger partial charge in [0.05, 0.1) is 11.5 Å². The molecule has 4 rings (SSSR count). The van der Waals surface area contributed by atoms with Gasteiger partial charge < -0.3 is 4.90 Å². The van der Waals surface area contributed by atoms with Crippen molar-refractivity contribution < 1.29 is 13.2 Å². The van der Waals surface area contributed by atoms with Gasteiger partial charge in [-0.15, -0.1) is 10.2 Å². The van der Waals surface area contributed by atoms with Gasteiger partial charge in [-0.2, -0.15) is 4.80 Å². The van der Waals surface area contributed by atoms with Crippen LogP contribution in [0.1, 0.15) is 44.1 Å². The second-order valence-electron chi connectivity index (χ2n) is 8.16. The lowest BCUT2D eigenvalue weighted by atomic mass is 9.93. The molecule has 2 aromatic rings. The van der Waals surface area contributed by atoms with Crippen LogP contribution >= 0.6 is 0 Å². The van der Waals surface area contributed by atoms with Crippen molar-refractivity contribution in [3.63, 3.8) is 0 Å². The molecule has 156 valence electrons. The topological polar surface area (TPSA) is 98.0 Å². The zero-order valence-electron chi connectivity index (χ0n) is 16.7. The highest BCUT2D eigenvalue weighted by molar-refractivity contribution is 7.91. The van der Waals surface area contributed by atoms with Crippen molar-refractivity contribution in [2.75, 3.05) is 11.5 Å². The quantitative estimate of drug-likeness (QED) is 0.738. The van der Waals surface area contributed by atoms with Gasteiger partial charge in [0.25, 0.3) is 0 Å². The standard InChI is InChI=1S/C20H27N5O3S/c1-15-7-9-16(10-8-15)20-21-23-24(22-20)13-19(26)25(17-5-3-2-4-6-17)18-11-12-29(27,28)14-18/h7-10,17-18H,2-6,11-14H2,1H3/t18-/m0/s1. The summed E-state index contributed by atoms with van der Waals surface area (Å²) in [5.74, 6) is 0.583. The normalized spacial score (nSPS) is 21.9. The molecule has 1 amide bonds. The van der Waals surface area contributed by atoms with Crippen LogP contribution in [0.3, 0.4) is 0 Å². The molecule has 1 saturated heterocycles. The molecule has 0 unspecified atom stereocenters. The number of amides is 1. The zero-order valence-corrected chi connectivity index (χ0v) is 17.5. The zero-order chi connectivity index (χ0) is 20.4. The van der Waals surface area contributed by atoms with E-state index in [1.54, 1.807) is 0 Å². The Morgan fingerprint density at radius 1 is 1.10 bits per heavy atom. The predicted molar refractivity (Wildman–Crippen MR) is 109 cm³/mol. The predicted octanol–water partition coefficient (Wildman–Crippen LogP) is 2.00. The summed E-state index contributed by atoms with van der Waals surface area (Å²) < 4.78 is 24.0. The van der Waals surface area contributed by atoms with E-state index in [1.165, 1.54) is 11.2 Å². The van der Waals surface area contributed by atoms with Gasteiger partial charge in [-0.25, -0.2) is 8.42 Å². The maximum atomic E-state index is 13.2. The monoisotopic (exact) mass is 417 g/mol. The number of aryl methyl sites for hydroxylation is 1. The minimum Gasteiger partial charge on any atom is -0.334 e. The van der Waals surface area contributed by atoms with Crippen molar-refractivity contribution in [1.29, 1.82) is 0 Å². The molecule has 1 saturated carbocycles. The van der Waals surface area contributed by atoms with Gasteiger partial charge in [0.2, 0.25) is 11.7 Å². The van der Waals surface area contributed by atoms with Gasteiger partial charge in [0, 0.05) is 17.6 Å². The van der Waals surface area contributed by atoms with Crippen molar-refractivity contribution in [3.05, 3.63) is 29.8 Å². The Kier molecular flexibility index (Phi) is 5.67. The highest BCUT2D eigenvalue weighted by Gasteiger charge is 2.38. The molecule has 1 aromatic carbocycles. The Morgan fingerprint density at radius 3 is 2.48 bits per heavy atom. The first-order valence-electron chi connectivity index (χ1n) is 10.3. The third-order valence-electron chi connectivity index (χ3n) is 5.90. The number of benzene rings is 1. The lowest BCUT2D eigenvalue weighted by Crippen LogP contribution is -2.50. The van der Waals surface area contributed by atoms with Crippen molar-refractivity contribution >= 4 is 15.7 Å². The Balaban J connectivity index is 1.51. The van der Waals surface area contributed by atoms with E-state index >= 15 is 0 Å². The first-order valence-corrected chi connectivity index (χ1v) is 12.1. The molecular weight excluding hydrogens is 390 g/mol. The first kappa shape index (κ1) is 20.0. The number of hydrogen-bond acceptors (Lipinski definition) is 6. The molecule has 1 aromatic heterocycles. The fourth-order valence-corrected chi connectivity index (χ4v) is 6.10. The van der Waals surface area contributed by atoms with Crippen LogP contribution in [-0.2, 0) is 21.2 Å². The van der Waals surface area contributed by atoms with Gasteiger partial charge in [0.1, 0.15) is 6.54 Å². The van der Waals surface area contributed by atoms with Crippen LogP contribution < -0.4 is 0 Å². The van der Waals surface area contributed by atoms with Gasteiger partial charge in [-0.1, -0.05) is 49.1 Å². The number of rotatable bonds is 5. The Hall–Kier alpha value is -2.29. The number of tetrazole rings is 1. The summed E-state index contributed by atoms with van der Waals surface area (Å²) in [5, 5.41) is 12.5. The third kappa shape index (κ3) is 4.66.